The molecule has 0 unspecified atom stereocenters. The molecule has 32 heavy (non-hydrogen) atoms. The molecule has 4 rings (SSSR count). The predicted molar refractivity (Wildman–Crippen MR) is 121 cm³/mol. The number of carbonyl (C=O) groups is 1. The number of aromatic amines is 1. The molecule has 8 heteroatoms. The van der Waals surface area contributed by atoms with E-state index in [0.717, 1.165) is 5.39 Å². The van der Waals surface area contributed by atoms with E-state index in [4.69, 9.17) is 13.9 Å². The highest BCUT2D eigenvalue weighted by Crippen LogP contribution is 2.28. The molecule has 1 N–H and O–H groups in total. The van der Waals surface area contributed by atoms with Crippen molar-refractivity contribution >= 4 is 27.8 Å². The van der Waals surface area contributed by atoms with Crippen LogP contribution in [0.5, 0.6) is 0 Å². The van der Waals surface area contributed by atoms with E-state index in [1.54, 1.807) is 30.2 Å². The molecule has 2 heterocycles. The SMILES string of the molecule is CCOCc1c(C(=O)N(CCOC)Cc2nc3ccccc3c(=O)[nH]2)oc2ccccc12. The van der Waals surface area contributed by atoms with Crippen molar-refractivity contribution in [3.8, 4) is 0 Å². The zero-order chi connectivity index (χ0) is 22.5. The summed E-state index contributed by atoms with van der Waals surface area (Å²) in [5.41, 5.74) is 1.65. The van der Waals surface area contributed by atoms with E-state index in [9.17, 15) is 9.59 Å². The van der Waals surface area contributed by atoms with E-state index in [-0.39, 0.29) is 30.4 Å². The fraction of sp³-hybridized carbons (Fsp3) is 0.292. The van der Waals surface area contributed by atoms with Crippen molar-refractivity contribution < 1.29 is 18.7 Å². The van der Waals surface area contributed by atoms with Crippen LogP contribution < -0.4 is 5.56 Å². The number of H-pyrrole nitrogens is 1. The third kappa shape index (κ3) is 4.42. The Morgan fingerprint density at radius 1 is 1.12 bits per heavy atom. The molecule has 0 saturated heterocycles. The lowest BCUT2D eigenvalue weighted by atomic mass is 10.1. The van der Waals surface area contributed by atoms with Crippen LogP contribution in [0.3, 0.4) is 0 Å². The van der Waals surface area contributed by atoms with Gasteiger partial charge in [0, 0.05) is 31.2 Å². The van der Waals surface area contributed by atoms with Crippen molar-refractivity contribution in [2.24, 2.45) is 0 Å². The number of nitrogens with zero attached hydrogens (tertiary/aromatic N) is 2. The van der Waals surface area contributed by atoms with Crippen LogP contribution in [0.25, 0.3) is 21.9 Å². The fourth-order valence-corrected chi connectivity index (χ4v) is 3.61. The Morgan fingerprint density at radius 2 is 1.88 bits per heavy atom. The van der Waals surface area contributed by atoms with E-state index >= 15 is 0 Å². The summed E-state index contributed by atoms with van der Waals surface area (Å²) in [5.74, 6) is 0.295. The van der Waals surface area contributed by atoms with Crippen molar-refractivity contribution in [1.29, 1.82) is 0 Å². The summed E-state index contributed by atoms with van der Waals surface area (Å²) in [5, 5.41) is 1.34. The molecule has 1 amide bonds. The molecule has 2 aromatic heterocycles. The highest BCUT2D eigenvalue weighted by molar-refractivity contribution is 5.99. The number of fused-ring (bicyclic) bond motifs is 2. The van der Waals surface area contributed by atoms with Crippen LogP contribution in [-0.2, 0) is 22.6 Å². The number of amides is 1. The zero-order valence-corrected chi connectivity index (χ0v) is 18.1. The van der Waals surface area contributed by atoms with E-state index in [0.29, 0.717) is 47.6 Å². The molecule has 0 atom stereocenters. The molecule has 4 aromatic rings. The van der Waals surface area contributed by atoms with E-state index in [1.165, 1.54) is 0 Å². The van der Waals surface area contributed by atoms with Gasteiger partial charge in [-0.05, 0) is 25.1 Å². The average Bonchev–Trinajstić information content (AvgIpc) is 3.18. The lowest BCUT2D eigenvalue weighted by molar-refractivity contribution is 0.0637. The van der Waals surface area contributed by atoms with Crippen molar-refractivity contribution in [3.63, 3.8) is 0 Å². The van der Waals surface area contributed by atoms with Crippen molar-refractivity contribution in [2.75, 3.05) is 26.9 Å². The summed E-state index contributed by atoms with van der Waals surface area (Å²) in [6.45, 7) is 3.41. The van der Waals surface area contributed by atoms with Crippen LogP contribution >= 0.6 is 0 Å². The Balaban J connectivity index is 1.71. The van der Waals surface area contributed by atoms with Crippen molar-refractivity contribution in [2.45, 2.75) is 20.1 Å². The molecular formula is C24H25N3O5. The van der Waals surface area contributed by atoms with Crippen LogP contribution in [0.2, 0.25) is 0 Å². The molecule has 8 nitrogen and oxygen atoms in total. The van der Waals surface area contributed by atoms with Gasteiger partial charge in [-0.15, -0.1) is 0 Å². The molecule has 166 valence electrons. The van der Waals surface area contributed by atoms with Crippen LogP contribution in [0.1, 0.15) is 28.9 Å². The van der Waals surface area contributed by atoms with Gasteiger partial charge in [0.05, 0.1) is 30.7 Å². The molecule has 0 bridgehead atoms. The number of para-hydroxylation sites is 2. The maximum atomic E-state index is 13.6. The summed E-state index contributed by atoms with van der Waals surface area (Å²) >= 11 is 0. The van der Waals surface area contributed by atoms with E-state index in [2.05, 4.69) is 9.97 Å². The van der Waals surface area contributed by atoms with Gasteiger partial charge in [0.25, 0.3) is 11.5 Å². The first kappa shape index (κ1) is 21.7. The normalized spacial score (nSPS) is 11.3. The van der Waals surface area contributed by atoms with Gasteiger partial charge in [-0.1, -0.05) is 30.3 Å². The minimum Gasteiger partial charge on any atom is -0.451 e. The molecule has 0 aliphatic carbocycles. The van der Waals surface area contributed by atoms with Crippen molar-refractivity contribution in [1.82, 2.24) is 14.9 Å². The Morgan fingerprint density at radius 3 is 2.66 bits per heavy atom. The highest BCUT2D eigenvalue weighted by Gasteiger charge is 2.26. The van der Waals surface area contributed by atoms with Gasteiger partial charge in [0.1, 0.15) is 11.4 Å². The average molecular weight is 435 g/mol. The monoisotopic (exact) mass is 435 g/mol. The topological polar surface area (TPSA) is 97.7 Å². The summed E-state index contributed by atoms with van der Waals surface area (Å²) < 4.78 is 16.8. The predicted octanol–water partition coefficient (Wildman–Crippen LogP) is 3.49. The summed E-state index contributed by atoms with van der Waals surface area (Å²) in [6.07, 6.45) is 0. The second kappa shape index (κ2) is 9.76. The van der Waals surface area contributed by atoms with Gasteiger partial charge >= 0.3 is 0 Å². The summed E-state index contributed by atoms with van der Waals surface area (Å²) in [6, 6.07) is 14.6. The molecule has 0 spiro atoms. The number of hydrogen-bond acceptors (Lipinski definition) is 6. The summed E-state index contributed by atoms with van der Waals surface area (Å²) in [7, 11) is 1.57. The van der Waals surface area contributed by atoms with Gasteiger partial charge < -0.3 is 23.8 Å². The zero-order valence-electron chi connectivity index (χ0n) is 18.1. The smallest absolute Gasteiger partial charge is 0.290 e. The molecule has 0 aliphatic heterocycles. The second-order valence-electron chi connectivity index (χ2n) is 7.29. The largest absolute Gasteiger partial charge is 0.451 e. The van der Waals surface area contributed by atoms with Crippen LogP contribution in [0.15, 0.2) is 57.7 Å². The van der Waals surface area contributed by atoms with Gasteiger partial charge in [-0.3, -0.25) is 9.59 Å². The molecule has 0 saturated carbocycles. The first-order valence-corrected chi connectivity index (χ1v) is 10.5. The number of ether oxygens (including phenoxy) is 2. The van der Waals surface area contributed by atoms with Gasteiger partial charge in [0.2, 0.25) is 0 Å². The third-order valence-corrected chi connectivity index (χ3v) is 5.20. The Bertz CT molecular complexity index is 1290. The minimum atomic E-state index is -0.316. The van der Waals surface area contributed by atoms with Gasteiger partial charge in [0.15, 0.2) is 5.76 Å². The van der Waals surface area contributed by atoms with Crippen molar-refractivity contribution in [3.05, 3.63) is 76.0 Å². The van der Waals surface area contributed by atoms with Gasteiger partial charge in [-0.2, -0.15) is 0 Å². The van der Waals surface area contributed by atoms with E-state index < -0.39 is 0 Å². The first-order chi connectivity index (χ1) is 15.6. The first-order valence-electron chi connectivity index (χ1n) is 10.5. The number of nitrogens with one attached hydrogen (secondary N) is 1. The number of benzene rings is 2. The number of methoxy groups -OCH3 is 1. The highest BCUT2D eigenvalue weighted by atomic mass is 16.5. The molecule has 0 radical (unpaired) electrons. The third-order valence-electron chi connectivity index (χ3n) is 5.20. The summed E-state index contributed by atoms with van der Waals surface area (Å²) in [4.78, 5) is 34.9. The lowest BCUT2D eigenvalue weighted by Crippen LogP contribution is -2.35. The standard InChI is InChI=1S/C24H25N3O5/c1-3-31-15-18-16-8-5-7-11-20(16)32-22(18)24(29)27(12-13-30-2)14-21-25-19-10-6-4-9-17(19)23(28)26-21/h4-11H,3,12-15H2,1-2H3,(H,25,26,28). The fourth-order valence-electron chi connectivity index (χ4n) is 3.61. The lowest BCUT2D eigenvalue weighted by Gasteiger charge is -2.21. The molecular weight excluding hydrogens is 410 g/mol. The van der Waals surface area contributed by atoms with Crippen LogP contribution in [0, 0.1) is 0 Å². The minimum absolute atomic E-state index is 0.105. The Labute approximate surface area is 184 Å². The van der Waals surface area contributed by atoms with E-state index in [1.807, 2.05) is 37.3 Å². The maximum absolute atomic E-state index is 13.6. The number of carbonyl (C=O) groups excluding carboxylic acids is 1. The quantitative estimate of drug-likeness (QED) is 0.432. The van der Waals surface area contributed by atoms with Crippen LogP contribution in [-0.4, -0.2) is 47.6 Å². The Hall–Kier alpha value is -3.49. The number of hydrogen-bond donors (Lipinski definition) is 1. The molecule has 0 aliphatic rings. The second-order valence-corrected chi connectivity index (χ2v) is 7.29. The maximum Gasteiger partial charge on any atom is 0.290 e. The molecule has 2 aromatic carbocycles. The van der Waals surface area contributed by atoms with Gasteiger partial charge in [-0.25, -0.2) is 4.98 Å². The number of rotatable bonds is 9. The number of furan rings is 1. The van der Waals surface area contributed by atoms with Crippen LogP contribution in [0.4, 0.5) is 0 Å². The molecule has 0 fully saturated rings. The Kier molecular flexibility index (Phi) is 6.63. The number of aromatic nitrogens is 2.